The van der Waals surface area contributed by atoms with E-state index in [1.54, 1.807) is 0 Å². The number of esters is 3. The second-order valence-corrected chi connectivity index (χ2v) is 17.4. The molecule has 1 unspecified atom stereocenters. The summed E-state index contributed by atoms with van der Waals surface area (Å²) in [5, 5.41) is 0. The van der Waals surface area contributed by atoms with Gasteiger partial charge in [0.2, 0.25) is 0 Å². The van der Waals surface area contributed by atoms with Crippen LogP contribution in [0.3, 0.4) is 0 Å². The van der Waals surface area contributed by atoms with Crippen LogP contribution in [-0.4, -0.2) is 37.2 Å². The third-order valence-electron chi connectivity index (χ3n) is 11.2. The Hall–Kier alpha value is -3.15. The maximum absolute atomic E-state index is 12.8. The Morgan fingerprint density at radius 1 is 0.333 bits per heavy atom. The van der Waals surface area contributed by atoms with Gasteiger partial charge in [-0.15, -0.1) is 0 Å². The van der Waals surface area contributed by atoms with E-state index in [9.17, 15) is 14.4 Å². The molecule has 0 amide bonds. The van der Waals surface area contributed by atoms with Crippen LogP contribution in [0.25, 0.3) is 0 Å². The van der Waals surface area contributed by atoms with Crippen molar-refractivity contribution in [3.63, 3.8) is 0 Å². The predicted octanol–water partition coefficient (Wildman–Crippen LogP) is 17.4. The number of carbonyl (C=O) groups is 3. The summed E-state index contributed by atoms with van der Waals surface area (Å²) >= 11 is 0. The van der Waals surface area contributed by atoms with E-state index in [1.165, 1.54) is 109 Å². The lowest BCUT2D eigenvalue weighted by atomic mass is 10.1. The van der Waals surface area contributed by atoms with Gasteiger partial charge < -0.3 is 14.2 Å². The van der Waals surface area contributed by atoms with E-state index in [0.29, 0.717) is 19.3 Å². The number of unbranched alkanes of at least 4 members (excludes halogenated alkanes) is 24. The molecule has 0 aliphatic carbocycles. The number of rotatable bonds is 47. The van der Waals surface area contributed by atoms with Crippen LogP contribution in [0.15, 0.2) is 72.9 Å². The summed E-state index contributed by atoms with van der Waals surface area (Å²) in [4.78, 5) is 38.0. The van der Waals surface area contributed by atoms with Crippen LogP contribution in [0.1, 0.15) is 252 Å². The number of ether oxygens (including phenoxy) is 3. The fraction of sp³-hybridized carbons (Fsp3) is 0.737. The third kappa shape index (κ3) is 49.7. The van der Waals surface area contributed by atoms with Crippen molar-refractivity contribution in [3.05, 3.63) is 72.9 Å². The highest BCUT2D eigenvalue weighted by Crippen LogP contribution is 2.14. The fourth-order valence-corrected chi connectivity index (χ4v) is 7.17. The van der Waals surface area contributed by atoms with E-state index in [1.807, 2.05) is 0 Å². The van der Waals surface area contributed by atoms with Gasteiger partial charge in [-0.25, -0.2) is 0 Å². The van der Waals surface area contributed by atoms with Gasteiger partial charge in [-0.05, 0) is 103 Å². The summed E-state index contributed by atoms with van der Waals surface area (Å²) < 4.78 is 16.8. The molecular weight excluding hydrogens is 781 g/mol. The van der Waals surface area contributed by atoms with E-state index in [2.05, 4.69) is 93.7 Å². The monoisotopic (exact) mass is 879 g/mol. The summed E-state index contributed by atoms with van der Waals surface area (Å²) in [7, 11) is 0. The van der Waals surface area contributed by atoms with Crippen LogP contribution < -0.4 is 0 Å². The maximum atomic E-state index is 12.8. The lowest BCUT2D eigenvalue weighted by Gasteiger charge is -2.18. The second kappa shape index (κ2) is 51.5. The number of hydrogen-bond donors (Lipinski definition) is 0. The van der Waals surface area contributed by atoms with Crippen LogP contribution in [0.2, 0.25) is 0 Å². The molecule has 0 rings (SSSR count). The molecule has 0 aliphatic rings. The smallest absolute Gasteiger partial charge is 0.306 e. The Kier molecular flexibility index (Phi) is 48.9. The van der Waals surface area contributed by atoms with E-state index in [0.717, 1.165) is 103 Å². The van der Waals surface area contributed by atoms with Gasteiger partial charge in [0.05, 0.1) is 0 Å². The first kappa shape index (κ1) is 59.9. The molecule has 0 saturated heterocycles. The zero-order chi connectivity index (χ0) is 45.8. The van der Waals surface area contributed by atoms with Crippen molar-refractivity contribution in [1.29, 1.82) is 0 Å². The molecule has 0 aliphatic heterocycles. The van der Waals surface area contributed by atoms with Gasteiger partial charge in [-0.2, -0.15) is 0 Å². The van der Waals surface area contributed by atoms with Crippen LogP contribution >= 0.6 is 0 Å². The summed E-state index contributed by atoms with van der Waals surface area (Å²) in [6.07, 6.45) is 64.6. The molecule has 0 radical (unpaired) electrons. The maximum Gasteiger partial charge on any atom is 0.306 e. The average molecular weight is 879 g/mol. The molecule has 63 heavy (non-hydrogen) atoms. The number of carbonyl (C=O) groups excluding carboxylic acids is 3. The SMILES string of the molecule is CC/C=C\C/C=C\C/C=C\C/C=C\CCCCCCC(=O)OCC(COC(=O)CCCCCCC/C=C\CCCC)OC(=O)CCCCCCCCC/C=C\CCCCCCCC. The lowest BCUT2D eigenvalue weighted by molar-refractivity contribution is -0.167. The van der Waals surface area contributed by atoms with Gasteiger partial charge in [0, 0.05) is 19.3 Å². The van der Waals surface area contributed by atoms with Gasteiger partial charge in [0.1, 0.15) is 13.2 Å². The molecule has 0 aromatic rings. The Morgan fingerprint density at radius 2 is 0.635 bits per heavy atom. The molecule has 0 aromatic heterocycles. The average Bonchev–Trinajstić information content (AvgIpc) is 3.28. The summed E-state index contributed by atoms with van der Waals surface area (Å²) in [6.45, 7) is 6.45. The highest BCUT2D eigenvalue weighted by molar-refractivity contribution is 5.71. The van der Waals surface area contributed by atoms with Gasteiger partial charge in [0.25, 0.3) is 0 Å². The molecule has 0 fully saturated rings. The highest BCUT2D eigenvalue weighted by atomic mass is 16.6. The summed E-state index contributed by atoms with van der Waals surface area (Å²) in [5.74, 6) is -0.925. The molecule has 0 heterocycles. The van der Waals surface area contributed by atoms with Crippen molar-refractivity contribution in [1.82, 2.24) is 0 Å². The van der Waals surface area contributed by atoms with Crippen molar-refractivity contribution in [2.45, 2.75) is 258 Å². The van der Waals surface area contributed by atoms with Crippen LogP contribution in [0, 0.1) is 0 Å². The molecule has 0 saturated carbocycles. The summed E-state index contributed by atoms with van der Waals surface area (Å²) in [5.41, 5.74) is 0. The first-order valence-electron chi connectivity index (χ1n) is 26.4. The molecule has 6 nitrogen and oxygen atoms in total. The molecule has 0 N–H and O–H groups in total. The zero-order valence-corrected chi connectivity index (χ0v) is 41.3. The first-order chi connectivity index (χ1) is 31.0. The van der Waals surface area contributed by atoms with Crippen molar-refractivity contribution in [3.8, 4) is 0 Å². The third-order valence-corrected chi connectivity index (χ3v) is 11.2. The Morgan fingerprint density at radius 3 is 1.03 bits per heavy atom. The topological polar surface area (TPSA) is 78.9 Å². The minimum Gasteiger partial charge on any atom is -0.462 e. The Bertz CT molecular complexity index is 1190. The lowest BCUT2D eigenvalue weighted by Crippen LogP contribution is -2.30. The van der Waals surface area contributed by atoms with Crippen LogP contribution in [0.5, 0.6) is 0 Å². The zero-order valence-electron chi connectivity index (χ0n) is 41.3. The quantitative estimate of drug-likeness (QED) is 0.0262. The number of allylic oxidation sites excluding steroid dienone is 12. The van der Waals surface area contributed by atoms with Gasteiger partial charge in [-0.1, -0.05) is 203 Å². The van der Waals surface area contributed by atoms with E-state index < -0.39 is 6.10 Å². The van der Waals surface area contributed by atoms with Gasteiger partial charge >= 0.3 is 17.9 Å². The largest absolute Gasteiger partial charge is 0.462 e. The normalized spacial score (nSPS) is 12.6. The van der Waals surface area contributed by atoms with Gasteiger partial charge in [-0.3, -0.25) is 14.4 Å². The molecule has 362 valence electrons. The minimum absolute atomic E-state index is 0.0895. The van der Waals surface area contributed by atoms with Crippen molar-refractivity contribution >= 4 is 17.9 Å². The molecule has 1 atom stereocenters. The van der Waals surface area contributed by atoms with E-state index in [-0.39, 0.29) is 31.1 Å². The Labute approximate surface area is 389 Å². The minimum atomic E-state index is -0.790. The predicted molar refractivity (Wildman–Crippen MR) is 270 cm³/mol. The molecule has 0 aromatic carbocycles. The van der Waals surface area contributed by atoms with Crippen molar-refractivity contribution in [2.24, 2.45) is 0 Å². The van der Waals surface area contributed by atoms with Crippen LogP contribution in [0.4, 0.5) is 0 Å². The van der Waals surface area contributed by atoms with Crippen molar-refractivity contribution in [2.75, 3.05) is 13.2 Å². The fourth-order valence-electron chi connectivity index (χ4n) is 7.17. The number of hydrogen-bond acceptors (Lipinski definition) is 6. The molecule has 6 heteroatoms. The second-order valence-electron chi connectivity index (χ2n) is 17.4. The highest BCUT2D eigenvalue weighted by Gasteiger charge is 2.19. The standard InChI is InChI=1S/C57H98O6/c1-4-7-10-13-16-19-22-24-26-28-30-32-35-38-41-44-47-50-56(59)62-53-54(52-61-55(58)49-46-43-40-37-34-21-18-15-12-9-6-3)63-57(60)51-48-45-42-39-36-33-31-29-27-25-23-20-17-14-11-8-5-2/h7,10,15-16,18-19,24-27,30,32,54H,4-6,8-9,11-14,17,20-23,28-29,31,33-53H2,1-3H3/b10-7-,18-15-,19-16-,26-24-,27-25-,32-30-. The van der Waals surface area contributed by atoms with E-state index in [4.69, 9.17) is 14.2 Å². The molecular formula is C57H98O6. The van der Waals surface area contributed by atoms with Crippen molar-refractivity contribution < 1.29 is 28.6 Å². The molecule has 0 bridgehead atoms. The van der Waals surface area contributed by atoms with Gasteiger partial charge in [0.15, 0.2) is 6.10 Å². The van der Waals surface area contributed by atoms with E-state index >= 15 is 0 Å². The van der Waals surface area contributed by atoms with Crippen LogP contribution in [-0.2, 0) is 28.6 Å². The first-order valence-corrected chi connectivity index (χ1v) is 26.4. The molecule has 0 spiro atoms. The summed E-state index contributed by atoms with van der Waals surface area (Å²) in [6, 6.07) is 0. The Balaban J connectivity index is 4.41.